The molecule has 0 aromatic rings. The molecule has 0 bridgehead atoms. The molecule has 1 unspecified atom stereocenters. The predicted molar refractivity (Wildman–Crippen MR) is 221 cm³/mol. The standard InChI is InChI=1S/C43H81O13P/c1-3-5-7-9-11-13-15-17-18-20-22-24-26-28-30-32-37(45)55-35(34-54-57(51,52)56-43-41(49)39(47)38(46)40(48)42(43)50)33-53-36(44)31-29-27-25-23-21-19-16-14-12-10-8-6-4-2/h17-18,35,38-43,46-50H,3-16,19-34H2,1-2H3,(H,51,52)/b18-17-/t35-,38?,39-,40-,41+,42+,43?/m1/s1. The average Bonchev–Trinajstić information content (AvgIpc) is 3.19. The van der Waals surface area contributed by atoms with Gasteiger partial charge in [-0.15, -0.1) is 0 Å². The number of unbranched alkanes of at least 4 members (excludes halogenated alkanes) is 23. The van der Waals surface area contributed by atoms with Crippen LogP contribution in [0, 0.1) is 0 Å². The first kappa shape index (κ1) is 53.6. The number of phosphoric ester groups is 1. The average molecular weight is 837 g/mol. The first-order valence-electron chi connectivity index (χ1n) is 22.5. The highest BCUT2D eigenvalue weighted by atomic mass is 31.2. The molecule has 0 heterocycles. The van der Waals surface area contributed by atoms with E-state index in [9.17, 15) is 44.6 Å². The van der Waals surface area contributed by atoms with Gasteiger partial charge in [0.2, 0.25) is 0 Å². The van der Waals surface area contributed by atoms with E-state index in [4.69, 9.17) is 18.5 Å². The smallest absolute Gasteiger partial charge is 0.462 e. The normalized spacial score (nSPS) is 22.7. The minimum absolute atomic E-state index is 0.0907. The van der Waals surface area contributed by atoms with Crippen LogP contribution < -0.4 is 0 Å². The lowest BCUT2D eigenvalue weighted by atomic mass is 9.85. The van der Waals surface area contributed by atoms with Gasteiger partial charge < -0.3 is 39.9 Å². The van der Waals surface area contributed by atoms with E-state index >= 15 is 0 Å². The first-order valence-corrected chi connectivity index (χ1v) is 24.0. The van der Waals surface area contributed by atoms with Gasteiger partial charge in [-0.05, 0) is 38.5 Å². The third kappa shape index (κ3) is 27.1. The predicted octanol–water partition coefficient (Wildman–Crippen LogP) is 8.28. The minimum Gasteiger partial charge on any atom is -0.462 e. The van der Waals surface area contributed by atoms with E-state index in [0.717, 1.165) is 57.8 Å². The van der Waals surface area contributed by atoms with Crippen LogP contribution in [0.2, 0.25) is 0 Å². The second-order valence-corrected chi connectivity index (χ2v) is 17.3. The maximum atomic E-state index is 12.8. The molecule has 1 fully saturated rings. The van der Waals surface area contributed by atoms with Crippen molar-refractivity contribution in [1.82, 2.24) is 0 Å². The van der Waals surface area contributed by atoms with Crippen LogP contribution >= 0.6 is 7.82 Å². The molecule has 6 N–H and O–H groups in total. The molecular weight excluding hydrogens is 755 g/mol. The number of phosphoric acid groups is 1. The number of carbonyl (C=O) groups is 2. The van der Waals surface area contributed by atoms with Gasteiger partial charge in [-0.3, -0.25) is 18.6 Å². The fourth-order valence-corrected chi connectivity index (χ4v) is 7.90. The Hall–Kier alpha value is -1.41. The van der Waals surface area contributed by atoms with Gasteiger partial charge in [0.05, 0.1) is 6.61 Å². The van der Waals surface area contributed by atoms with Gasteiger partial charge in [0.15, 0.2) is 6.10 Å². The molecular formula is C43H81O13P. The SMILES string of the molecule is CCCCCCCC/C=C\CCCCCCCC(=O)O[C@H](COC(=O)CCCCCCCCCCCCCCC)COP(=O)(O)OC1[C@@H](O)[C@H](O)C(O)[C@@H](O)[C@@H]1O. The molecule has 0 radical (unpaired) electrons. The summed E-state index contributed by atoms with van der Waals surface area (Å²) in [7, 11) is -5.11. The van der Waals surface area contributed by atoms with E-state index in [-0.39, 0.29) is 12.8 Å². The Labute approximate surface area is 343 Å². The Morgan fingerprint density at radius 2 is 0.895 bits per heavy atom. The van der Waals surface area contributed by atoms with Crippen molar-refractivity contribution in [2.75, 3.05) is 13.2 Å². The number of esters is 2. The highest BCUT2D eigenvalue weighted by molar-refractivity contribution is 7.47. The van der Waals surface area contributed by atoms with Gasteiger partial charge in [0.25, 0.3) is 0 Å². The number of aliphatic hydroxyl groups excluding tert-OH is 5. The summed E-state index contributed by atoms with van der Waals surface area (Å²) in [5, 5.41) is 50.1. The first-order chi connectivity index (χ1) is 27.4. The largest absolute Gasteiger partial charge is 0.472 e. The van der Waals surface area contributed by atoms with Crippen LogP contribution in [0.3, 0.4) is 0 Å². The summed E-state index contributed by atoms with van der Waals surface area (Å²) in [5.41, 5.74) is 0. The van der Waals surface area contributed by atoms with Crippen LogP contribution in [-0.2, 0) is 32.7 Å². The lowest BCUT2D eigenvalue weighted by Gasteiger charge is -2.41. The number of hydrogen-bond acceptors (Lipinski definition) is 12. The second-order valence-electron chi connectivity index (χ2n) is 15.9. The topological polar surface area (TPSA) is 210 Å². The molecule has 1 aliphatic carbocycles. The van der Waals surface area contributed by atoms with Crippen molar-refractivity contribution in [1.29, 1.82) is 0 Å². The van der Waals surface area contributed by atoms with Crippen LogP contribution in [0.1, 0.15) is 194 Å². The molecule has 1 aliphatic rings. The van der Waals surface area contributed by atoms with Gasteiger partial charge in [0.1, 0.15) is 43.2 Å². The fourth-order valence-electron chi connectivity index (χ4n) is 6.93. The van der Waals surface area contributed by atoms with Crippen LogP contribution in [0.25, 0.3) is 0 Å². The number of allylic oxidation sites excluding steroid dienone is 2. The van der Waals surface area contributed by atoms with Crippen LogP contribution in [0.4, 0.5) is 0 Å². The molecule has 57 heavy (non-hydrogen) atoms. The zero-order chi connectivity index (χ0) is 42.2. The summed E-state index contributed by atoms with van der Waals surface area (Å²) >= 11 is 0. The van der Waals surface area contributed by atoms with Crippen molar-refractivity contribution in [3.63, 3.8) is 0 Å². The molecule has 0 aromatic heterocycles. The molecule has 336 valence electrons. The van der Waals surface area contributed by atoms with Gasteiger partial charge in [-0.1, -0.05) is 154 Å². The van der Waals surface area contributed by atoms with Crippen molar-refractivity contribution in [3.8, 4) is 0 Å². The van der Waals surface area contributed by atoms with Gasteiger partial charge in [-0.25, -0.2) is 4.57 Å². The molecule has 6 atom stereocenters. The van der Waals surface area contributed by atoms with E-state index in [1.807, 2.05) is 0 Å². The van der Waals surface area contributed by atoms with Crippen molar-refractivity contribution < 1.29 is 63.1 Å². The Morgan fingerprint density at radius 3 is 1.33 bits per heavy atom. The molecule has 0 spiro atoms. The van der Waals surface area contributed by atoms with Crippen LogP contribution in [0.5, 0.6) is 0 Å². The zero-order valence-electron chi connectivity index (χ0n) is 35.4. The molecule has 0 amide bonds. The third-order valence-corrected chi connectivity index (χ3v) is 11.6. The van der Waals surface area contributed by atoms with Gasteiger partial charge in [0, 0.05) is 12.8 Å². The summed E-state index contributed by atoms with van der Waals surface area (Å²) in [6.07, 6.45) is 21.2. The maximum absolute atomic E-state index is 12.8. The van der Waals surface area contributed by atoms with Crippen LogP contribution in [0.15, 0.2) is 12.2 Å². The number of hydrogen-bond donors (Lipinski definition) is 6. The Kier molecular flexibility index (Phi) is 32.3. The van der Waals surface area contributed by atoms with E-state index in [0.29, 0.717) is 12.8 Å². The Morgan fingerprint density at radius 1 is 0.526 bits per heavy atom. The molecule has 14 heteroatoms. The Bertz CT molecular complexity index is 1060. The van der Waals surface area contributed by atoms with E-state index in [2.05, 4.69) is 26.0 Å². The van der Waals surface area contributed by atoms with Crippen molar-refractivity contribution >= 4 is 19.8 Å². The molecule has 13 nitrogen and oxygen atoms in total. The highest BCUT2D eigenvalue weighted by Crippen LogP contribution is 2.47. The Balaban J connectivity index is 2.48. The molecule has 0 aromatic carbocycles. The zero-order valence-corrected chi connectivity index (χ0v) is 36.3. The summed E-state index contributed by atoms with van der Waals surface area (Å²) in [4.78, 5) is 35.6. The maximum Gasteiger partial charge on any atom is 0.472 e. The molecule has 0 saturated heterocycles. The molecule has 1 saturated carbocycles. The van der Waals surface area contributed by atoms with Gasteiger partial charge >= 0.3 is 19.8 Å². The van der Waals surface area contributed by atoms with E-state index in [1.165, 1.54) is 96.3 Å². The fraction of sp³-hybridized carbons (Fsp3) is 0.907. The van der Waals surface area contributed by atoms with Crippen molar-refractivity contribution in [2.45, 2.75) is 236 Å². The third-order valence-electron chi connectivity index (χ3n) is 10.6. The molecule has 1 rings (SSSR count). The number of aliphatic hydroxyl groups is 5. The number of ether oxygens (including phenoxy) is 2. The van der Waals surface area contributed by atoms with Crippen molar-refractivity contribution in [2.24, 2.45) is 0 Å². The van der Waals surface area contributed by atoms with E-state index in [1.54, 1.807) is 0 Å². The second kappa shape index (κ2) is 34.3. The molecule has 0 aliphatic heterocycles. The highest BCUT2D eigenvalue weighted by Gasteiger charge is 2.51. The monoisotopic (exact) mass is 837 g/mol. The summed E-state index contributed by atoms with van der Waals surface area (Å²) < 4.78 is 33.5. The minimum atomic E-state index is -5.11. The lowest BCUT2D eigenvalue weighted by Crippen LogP contribution is -2.64. The number of rotatable bonds is 37. The van der Waals surface area contributed by atoms with E-state index < -0.39 is 75.7 Å². The number of carbonyl (C=O) groups excluding carboxylic acids is 2. The lowest BCUT2D eigenvalue weighted by molar-refractivity contribution is -0.220. The quantitative estimate of drug-likeness (QED) is 0.0151. The van der Waals surface area contributed by atoms with Crippen LogP contribution in [-0.4, -0.2) is 98.3 Å². The van der Waals surface area contributed by atoms with Gasteiger partial charge in [-0.2, -0.15) is 0 Å². The summed E-state index contributed by atoms with van der Waals surface area (Å²) in [6, 6.07) is 0. The summed E-state index contributed by atoms with van der Waals surface area (Å²) in [5.74, 6) is -1.10. The summed E-state index contributed by atoms with van der Waals surface area (Å²) in [6.45, 7) is 3.29. The van der Waals surface area contributed by atoms with Crippen molar-refractivity contribution in [3.05, 3.63) is 12.2 Å².